The van der Waals surface area contributed by atoms with E-state index >= 15 is 0 Å². The Labute approximate surface area is 164 Å². The van der Waals surface area contributed by atoms with Gasteiger partial charge in [0.1, 0.15) is 5.76 Å². The minimum atomic E-state index is -0.812. The minimum absolute atomic E-state index is 0.0428. The number of halogens is 2. The van der Waals surface area contributed by atoms with Crippen LogP contribution in [0.2, 0.25) is 0 Å². The van der Waals surface area contributed by atoms with Crippen LogP contribution in [0.4, 0.5) is 0 Å². The molecule has 2 unspecified atom stereocenters. The van der Waals surface area contributed by atoms with Gasteiger partial charge < -0.3 is 9.52 Å². The third-order valence-electron chi connectivity index (χ3n) is 5.46. The van der Waals surface area contributed by atoms with Gasteiger partial charge in [-0.2, -0.15) is 0 Å². The van der Waals surface area contributed by atoms with Crippen LogP contribution in [0.3, 0.4) is 0 Å². The number of benzene rings is 1. The third kappa shape index (κ3) is 3.36. The lowest BCUT2D eigenvalue weighted by Crippen LogP contribution is -2.24. The number of carboxylic acid groups (broad SMARTS) is 1. The highest BCUT2D eigenvalue weighted by Gasteiger charge is 2.74. The summed E-state index contributed by atoms with van der Waals surface area (Å²) >= 11 is 6.72. The Morgan fingerprint density at radius 3 is 2.52 bits per heavy atom. The van der Waals surface area contributed by atoms with E-state index in [1.165, 1.54) is 5.56 Å². The molecular weight excluding hydrogens is 448 g/mol. The molecule has 0 aliphatic heterocycles. The molecule has 0 radical (unpaired) electrons. The molecule has 5 heteroatoms. The van der Waals surface area contributed by atoms with Gasteiger partial charge in [0.05, 0.1) is 15.1 Å². The molecule has 0 bridgehead atoms. The number of allylic oxidation sites excluding steroid dienone is 1. The third-order valence-corrected chi connectivity index (χ3v) is 5.99. The lowest BCUT2D eigenvalue weighted by atomic mass is 9.89. The Balaban J connectivity index is 1.81. The highest BCUT2D eigenvalue weighted by atomic mass is 79.9. The fourth-order valence-corrected chi connectivity index (χ4v) is 4.45. The summed E-state index contributed by atoms with van der Waals surface area (Å²) in [5.41, 5.74) is 0.978. The van der Waals surface area contributed by atoms with Gasteiger partial charge in [-0.25, -0.2) is 0 Å². The molecular formula is C20H20Br2O3. The predicted octanol–water partition coefficient (Wildman–Crippen LogP) is 5.77. The van der Waals surface area contributed by atoms with Crippen molar-refractivity contribution in [2.45, 2.75) is 26.7 Å². The van der Waals surface area contributed by atoms with E-state index in [2.05, 4.69) is 44.0 Å². The van der Waals surface area contributed by atoms with Gasteiger partial charge in [-0.1, -0.05) is 50.3 Å². The summed E-state index contributed by atoms with van der Waals surface area (Å²) in [6.07, 6.45) is 4.81. The molecule has 1 N–H and O–H groups in total. The van der Waals surface area contributed by atoms with Crippen molar-refractivity contribution >= 4 is 37.8 Å². The fourth-order valence-electron chi connectivity index (χ4n) is 3.92. The highest BCUT2D eigenvalue weighted by Crippen LogP contribution is 2.71. The van der Waals surface area contributed by atoms with Crippen LogP contribution in [0.25, 0.3) is 0 Å². The first-order valence-electron chi connectivity index (χ1n) is 8.14. The molecule has 1 aromatic heterocycles. The smallest absolute Gasteiger partial charge is 0.311 e. The van der Waals surface area contributed by atoms with Crippen LogP contribution < -0.4 is 0 Å². The van der Waals surface area contributed by atoms with E-state index in [0.29, 0.717) is 12.8 Å². The van der Waals surface area contributed by atoms with Crippen molar-refractivity contribution in [2.24, 2.45) is 16.7 Å². The SMILES string of the molecule is CC1(C)C(C=C(Br)Br)C1(Cc1coc(Cc2ccccc2)c1)C(=O)O. The summed E-state index contributed by atoms with van der Waals surface area (Å²) in [6, 6.07) is 12.1. The topological polar surface area (TPSA) is 50.4 Å². The zero-order valence-corrected chi connectivity index (χ0v) is 17.3. The first kappa shape index (κ1) is 18.5. The number of rotatable bonds is 6. The Bertz CT molecular complexity index is 803. The summed E-state index contributed by atoms with van der Waals surface area (Å²) in [5, 5.41) is 9.94. The monoisotopic (exact) mass is 466 g/mol. The number of furan rings is 1. The Kier molecular flexibility index (Phi) is 5.00. The second kappa shape index (κ2) is 6.76. The molecule has 3 nitrogen and oxygen atoms in total. The molecule has 132 valence electrons. The fraction of sp³-hybridized carbons (Fsp3) is 0.350. The van der Waals surface area contributed by atoms with Crippen LogP contribution >= 0.6 is 31.9 Å². The van der Waals surface area contributed by atoms with Gasteiger partial charge in [0.25, 0.3) is 0 Å². The summed E-state index contributed by atoms with van der Waals surface area (Å²) < 4.78 is 6.47. The Morgan fingerprint density at radius 2 is 1.92 bits per heavy atom. The molecule has 1 heterocycles. The zero-order valence-electron chi connectivity index (χ0n) is 14.1. The molecule has 0 saturated heterocycles. The van der Waals surface area contributed by atoms with E-state index in [9.17, 15) is 9.90 Å². The molecule has 1 aromatic carbocycles. The average Bonchev–Trinajstić information content (AvgIpc) is 2.85. The molecule has 3 rings (SSSR count). The van der Waals surface area contributed by atoms with Crippen molar-refractivity contribution in [3.8, 4) is 0 Å². The van der Waals surface area contributed by atoms with E-state index in [-0.39, 0.29) is 11.3 Å². The van der Waals surface area contributed by atoms with Crippen molar-refractivity contribution in [3.63, 3.8) is 0 Å². The van der Waals surface area contributed by atoms with Gasteiger partial charge >= 0.3 is 5.97 Å². The molecule has 25 heavy (non-hydrogen) atoms. The van der Waals surface area contributed by atoms with Crippen LogP contribution in [-0.4, -0.2) is 11.1 Å². The summed E-state index contributed by atoms with van der Waals surface area (Å²) in [6.45, 7) is 4.02. The first-order valence-corrected chi connectivity index (χ1v) is 9.72. The minimum Gasteiger partial charge on any atom is -0.481 e. The van der Waals surface area contributed by atoms with Crippen molar-refractivity contribution < 1.29 is 14.3 Å². The number of aliphatic carboxylic acids is 1. The number of hydrogen-bond acceptors (Lipinski definition) is 2. The Hall–Kier alpha value is -1.33. The molecule has 1 aliphatic rings. The van der Waals surface area contributed by atoms with Crippen LogP contribution in [0.1, 0.15) is 30.7 Å². The highest BCUT2D eigenvalue weighted by molar-refractivity contribution is 9.28. The Morgan fingerprint density at radius 1 is 1.24 bits per heavy atom. The molecule has 1 fully saturated rings. The van der Waals surface area contributed by atoms with Gasteiger partial charge in [0.15, 0.2) is 0 Å². The second-order valence-electron chi connectivity index (χ2n) is 7.19. The van der Waals surface area contributed by atoms with Gasteiger partial charge in [-0.15, -0.1) is 0 Å². The van der Waals surface area contributed by atoms with Gasteiger partial charge in [-0.3, -0.25) is 4.79 Å². The quantitative estimate of drug-likeness (QED) is 0.586. The molecule has 0 amide bonds. The van der Waals surface area contributed by atoms with Crippen molar-refractivity contribution in [3.05, 3.63) is 69.0 Å². The lowest BCUT2D eigenvalue weighted by Gasteiger charge is -2.14. The standard InChI is InChI=1S/C20H20Br2O3/c1-19(2)16(10-17(21)22)20(19,18(23)24)11-14-9-15(25-12-14)8-13-6-4-3-5-7-13/h3-7,9-10,12,16H,8,11H2,1-2H3,(H,23,24). The van der Waals surface area contributed by atoms with Crippen molar-refractivity contribution in [1.82, 2.24) is 0 Å². The molecule has 1 saturated carbocycles. The maximum Gasteiger partial charge on any atom is 0.311 e. The number of hydrogen-bond donors (Lipinski definition) is 1. The summed E-state index contributed by atoms with van der Waals surface area (Å²) in [5.74, 6) is 0.0542. The van der Waals surface area contributed by atoms with Crippen LogP contribution in [0.15, 0.2) is 56.5 Å². The van der Waals surface area contributed by atoms with Gasteiger partial charge in [0.2, 0.25) is 0 Å². The maximum absolute atomic E-state index is 12.1. The van der Waals surface area contributed by atoms with Crippen LogP contribution in [0.5, 0.6) is 0 Å². The number of carboxylic acids is 1. The largest absolute Gasteiger partial charge is 0.481 e. The van der Waals surface area contributed by atoms with Crippen LogP contribution in [0, 0.1) is 16.7 Å². The van der Waals surface area contributed by atoms with Crippen molar-refractivity contribution in [1.29, 1.82) is 0 Å². The van der Waals surface area contributed by atoms with E-state index in [1.807, 2.05) is 44.2 Å². The van der Waals surface area contributed by atoms with Crippen LogP contribution in [-0.2, 0) is 17.6 Å². The van der Waals surface area contributed by atoms with E-state index in [1.54, 1.807) is 6.26 Å². The van der Waals surface area contributed by atoms with Gasteiger partial charge in [0, 0.05) is 12.3 Å². The van der Waals surface area contributed by atoms with Crippen molar-refractivity contribution in [2.75, 3.05) is 0 Å². The normalized spacial score (nSPS) is 23.9. The molecule has 1 aliphatic carbocycles. The maximum atomic E-state index is 12.1. The molecule has 0 spiro atoms. The van der Waals surface area contributed by atoms with Gasteiger partial charge in [-0.05, 0) is 60.9 Å². The van der Waals surface area contributed by atoms with E-state index < -0.39 is 11.4 Å². The average molecular weight is 468 g/mol. The number of carbonyl (C=O) groups is 1. The summed E-state index contributed by atoms with van der Waals surface area (Å²) in [7, 11) is 0. The second-order valence-corrected chi connectivity index (χ2v) is 9.97. The van der Waals surface area contributed by atoms with E-state index in [4.69, 9.17) is 4.42 Å². The predicted molar refractivity (Wildman–Crippen MR) is 105 cm³/mol. The molecule has 2 aromatic rings. The van der Waals surface area contributed by atoms with E-state index in [0.717, 1.165) is 14.7 Å². The summed E-state index contributed by atoms with van der Waals surface area (Å²) in [4.78, 5) is 12.1. The lowest BCUT2D eigenvalue weighted by molar-refractivity contribution is -0.145. The zero-order chi connectivity index (χ0) is 18.2. The molecule has 2 atom stereocenters. The first-order chi connectivity index (χ1) is 11.8.